The second-order valence-electron chi connectivity index (χ2n) is 4.10. The van der Waals surface area contributed by atoms with Crippen LogP contribution in [0.3, 0.4) is 0 Å². The SMILES string of the molecule is CCCn1ccnc(NC(CC)CCN)c1=O. The average Bonchev–Trinajstić information content (AvgIpc) is 2.33. The van der Waals surface area contributed by atoms with Crippen LogP contribution in [0.1, 0.15) is 33.1 Å². The molecule has 1 heterocycles. The minimum absolute atomic E-state index is 0.0511. The molecule has 1 aromatic heterocycles. The van der Waals surface area contributed by atoms with Crippen molar-refractivity contribution < 1.29 is 0 Å². The van der Waals surface area contributed by atoms with Gasteiger partial charge in [-0.1, -0.05) is 13.8 Å². The fourth-order valence-corrected chi connectivity index (χ4v) is 1.74. The van der Waals surface area contributed by atoms with Crippen LogP contribution in [-0.2, 0) is 6.54 Å². The summed E-state index contributed by atoms with van der Waals surface area (Å²) < 4.78 is 1.69. The van der Waals surface area contributed by atoms with Crippen molar-refractivity contribution in [2.24, 2.45) is 5.73 Å². The second-order valence-corrected chi connectivity index (χ2v) is 4.10. The molecule has 0 aliphatic carbocycles. The first-order valence-corrected chi connectivity index (χ1v) is 6.24. The summed E-state index contributed by atoms with van der Waals surface area (Å²) >= 11 is 0. The van der Waals surface area contributed by atoms with E-state index in [1.807, 2.05) is 6.92 Å². The number of nitrogens with zero attached hydrogens (tertiary/aromatic N) is 2. The van der Waals surface area contributed by atoms with E-state index in [4.69, 9.17) is 5.73 Å². The van der Waals surface area contributed by atoms with Gasteiger partial charge in [0.1, 0.15) is 0 Å². The molecule has 3 N–H and O–H groups in total. The fraction of sp³-hybridized carbons (Fsp3) is 0.667. The zero-order chi connectivity index (χ0) is 12.7. The number of rotatable bonds is 7. The number of nitrogens with one attached hydrogen (secondary N) is 1. The van der Waals surface area contributed by atoms with Crippen molar-refractivity contribution in [2.45, 2.75) is 45.7 Å². The first-order valence-electron chi connectivity index (χ1n) is 6.24. The Morgan fingerprint density at radius 2 is 2.29 bits per heavy atom. The van der Waals surface area contributed by atoms with Crippen molar-refractivity contribution in [2.75, 3.05) is 11.9 Å². The van der Waals surface area contributed by atoms with E-state index in [-0.39, 0.29) is 11.6 Å². The summed E-state index contributed by atoms with van der Waals surface area (Å²) in [5, 5.41) is 3.17. The summed E-state index contributed by atoms with van der Waals surface area (Å²) in [7, 11) is 0. The number of hydrogen-bond donors (Lipinski definition) is 2. The van der Waals surface area contributed by atoms with Crippen LogP contribution >= 0.6 is 0 Å². The lowest BCUT2D eigenvalue weighted by Gasteiger charge is -2.16. The largest absolute Gasteiger partial charge is 0.363 e. The van der Waals surface area contributed by atoms with Gasteiger partial charge in [-0.3, -0.25) is 4.79 Å². The Kier molecular flexibility index (Phi) is 5.69. The van der Waals surface area contributed by atoms with Gasteiger partial charge in [0.05, 0.1) is 0 Å². The molecule has 1 atom stereocenters. The van der Waals surface area contributed by atoms with Crippen LogP contribution in [0.4, 0.5) is 5.82 Å². The number of hydrogen-bond acceptors (Lipinski definition) is 4. The summed E-state index contributed by atoms with van der Waals surface area (Å²) in [4.78, 5) is 16.1. The topological polar surface area (TPSA) is 72.9 Å². The molecule has 0 amide bonds. The Hall–Kier alpha value is -1.36. The third-order valence-electron chi connectivity index (χ3n) is 2.73. The lowest BCUT2D eigenvalue weighted by molar-refractivity contribution is 0.623. The van der Waals surface area contributed by atoms with E-state index in [0.717, 1.165) is 25.8 Å². The van der Waals surface area contributed by atoms with Gasteiger partial charge in [-0.25, -0.2) is 4.98 Å². The molecule has 0 bridgehead atoms. The highest BCUT2D eigenvalue weighted by atomic mass is 16.1. The molecular weight excluding hydrogens is 216 g/mol. The summed E-state index contributed by atoms with van der Waals surface area (Å²) in [6, 6.07) is 0.220. The summed E-state index contributed by atoms with van der Waals surface area (Å²) in [6.07, 6.45) is 6.10. The highest BCUT2D eigenvalue weighted by Gasteiger charge is 2.09. The molecule has 5 heteroatoms. The van der Waals surface area contributed by atoms with Gasteiger partial charge in [-0.15, -0.1) is 0 Å². The molecule has 0 spiro atoms. The molecule has 0 saturated heterocycles. The lowest BCUT2D eigenvalue weighted by Crippen LogP contribution is -2.30. The van der Waals surface area contributed by atoms with Gasteiger partial charge >= 0.3 is 0 Å². The molecule has 17 heavy (non-hydrogen) atoms. The van der Waals surface area contributed by atoms with Crippen molar-refractivity contribution >= 4 is 5.82 Å². The van der Waals surface area contributed by atoms with Crippen molar-refractivity contribution in [3.05, 3.63) is 22.7 Å². The van der Waals surface area contributed by atoms with Crippen LogP contribution < -0.4 is 16.6 Å². The molecule has 0 aliphatic rings. The fourth-order valence-electron chi connectivity index (χ4n) is 1.74. The molecule has 0 radical (unpaired) electrons. The third-order valence-corrected chi connectivity index (χ3v) is 2.73. The van der Waals surface area contributed by atoms with E-state index in [9.17, 15) is 4.79 Å². The van der Waals surface area contributed by atoms with E-state index >= 15 is 0 Å². The molecule has 1 aromatic rings. The summed E-state index contributed by atoms with van der Waals surface area (Å²) in [5.74, 6) is 0.432. The van der Waals surface area contributed by atoms with Crippen molar-refractivity contribution in [3.63, 3.8) is 0 Å². The highest BCUT2D eigenvalue weighted by Crippen LogP contribution is 2.04. The lowest BCUT2D eigenvalue weighted by atomic mass is 10.1. The maximum Gasteiger partial charge on any atom is 0.293 e. The molecule has 0 fully saturated rings. The van der Waals surface area contributed by atoms with Crippen LogP contribution in [-0.4, -0.2) is 22.1 Å². The third kappa shape index (κ3) is 3.85. The van der Waals surface area contributed by atoms with Crippen LogP contribution in [0, 0.1) is 0 Å². The van der Waals surface area contributed by atoms with E-state index < -0.39 is 0 Å². The summed E-state index contributed by atoms with van der Waals surface area (Å²) in [5.41, 5.74) is 5.48. The van der Waals surface area contributed by atoms with Crippen LogP contribution in [0.15, 0.2) is 17.2 Å². The first kappa shape index (κ1) is 13.7. The van der Waals surface area contributed by atoms with Crippen LogP contribution in [0.2, 0.25) is 0 Å². The minimum atomic E-state index is -0.0511. The minimum Gasteiger partial charge on any atom is -0.363 e. The number of anilines is 1. The van der Waals surface area contributed by atoms with Crippen LogP contribution in [0.25, 0.3) is 0 Å². The Balaban J connectivity index is 2.83. The molecule has 1 rings (SSSR count). The summed E-state index contributed by atoms with van der Waals surface area (Å²) in [6.45, 7) is 5.45. The Morgan fingerprint density at radius 1 is 1.53 bits per heavy atom. The van der Waals surface area contributed by atoms with Gasteiger partial charge < -0.3 is 15.6 Å². The van der Waals surface area contributed by atoms with Gasteiger partial charge in [0.2, 0.25) is 0 Å². The predicted molar refractivity (Wildman–Crippen MR) is 70.2 cm³/mol. The number of aromatic nitrogens is 2. The molecule has 1 unspecified atom stereocenters. The van der Waals surface area contributed by atoms with Crippen molar-refractivity contribution in [1.82, 2.24) is 9.55 Å². The normalized spacial score (nSPS) is 12.4. The predicted octanol–water partition coefficient (Wildman–Crippen LogP) is 1.19. The maximum absolute atomic E-state index is 12.0. The maximum atomic E-state index is 12.0. The Morgan fingerprint density at radius 3 is 2.88 bits per heavy atom. The highest BCUT2D eigenvalue weighted by molar-refractivity contribution is 5.32. The Bertz CT molecular complexity index is 388. The second kappa shape index (κ2) is 7.06. The average molecular weight is 238 g/mol. The molecule has 0 aliphatic heterocycles. The number of nitrogens with two attached hydrogens (primary N) is 1. The molecule has 0 aromatic carbocycles. The van der Waals surface area contributed by atoms with Gasteiger partial charge in [-0.2, -0.15) is 0 Å². The van der Waals surface area contributed by atoms with Crippen molar-refractivity contribution in [1.29, 1.82) is 0 Å². The van der Waals surface area contributed by atoms with Crippen LogP contribution in [0.5, 0.6) is 0 Å². The Labute approximate surface area is 102 Å². The number of aryl methyl sites for hydroxylation is 1. The molecule has 5 nitrogen and oxygen atoms in total. The van der Waals surface area contributed by atoms with Gasteiger partial charge in [0, 0.05) is 25.0 Å². The molecule has 96 valence electrons. The van der Waals surface area contributed by atoms with E-state index in [1.54, 1.807) is 17.0 Å². The van der Waals surface area contributed by atoms with E-state index in [2.05, 4.69) is 17.2 Å². The molecule has 0 saturated carbocycles. The van der Waals surface area contributed by atoms with Gasteiger partial charge in [0.15, 0.2) is 5.82 Å². The smallest absolute Gasteiger partial charge is 0.293 e. The van der Waals surface area contributed by atoms with E-state index in [1.165, 1.54) is 0 Å². The monoisotopic (exact) mass is 238 g/mol. The standard InChI is InChI=1S/C12H22N4O/c1-3-8-16-9-7-14-11(12(16)17)15-10(4-2)5-6-13/h7,9-10H,3-6,8,13H2,1-2H3,(H,14,15). The van der Waals surface area contributed by atoms with E-state index in [0.29, 0.717) is 12.4 Å². The first-order chi connectivity index (χ1) is 8.22. The van der Waals surface area contributed by atoms with Gasteiger partial charge in [-0.05, 0) is 25.8 Å². The molecular formula is C12H22N4O. The quantitative estimate of drug-likeness (QED) is 0.748. The van der Waals surface area contributed by atoms with Gasteiger partial charge in [0.25, 0.3) is 5.56 Å². The zero-order valence-corrected chi connectivity index (χ0v) is 10.6. The van der Waals surface area contributed by atoms with Crippen molar-refractivity contribution in [3.8, 4) is 0 Å². The zero-order valence-electron chi connectivity index (χ0n) is 10.6.